The summed E-state index contributed by atoms with van der Waals surface area (Å²) in [4.78, 5) is 18.6. The maximum absolute atomic E-state index is 12.7. The van der Waals surface area contributed by atoms with Crippen molar-refractivity contribution in [3.05, 3.63) is 35.0 Å². The summed E-state index contributed by atoms with van der Waals surface area (Å²) >= 11 is 0. The monoisotopic (exact) mass is 374 g/mol. The van der Waals surface area contributed by atoms with Gasteiger partial charge in [0.25, 0.3) is 0 Å². The second kappa shape index (κ2) is 8.28. The third-order valence-electron chi connectivity index (χ3n) is 4.44. The molecule has 1 unspecified atom stereocenters. The number of urea groups is 1. The van der Waals surface area contributed by atoms with Crippen LogP contribution in [0.1, 0.15) is 49.7 Å². The van der Waals surface area contributed by atoms with Gasteiger partial charge in [-0.2, -0.15) is 4.98 Å². The van der Waals surface area contributed by atoms with Gasteiger partial charge in [-0.1, -0.05) is 5.16 Å². The Kier molecular flexibility index (Phi) is 5.83. The number of fused-ring (bicyclic) bond motifs is 1. The Morgan fingerprint density at radius 2 is 1.93 bits per heavy atom. The molecule has 1 aromatic heterocycles. The van der Waals surface area contributed by atoms with Crippen molar-refractivity contribution >= 4 is 6.03 Å². The molecular formula is C19H26N4O4. The van der Waals surface area contributed by atoms with E-state index in [1.165, 1.54) is 5.56 Å². The summed E-state index contributed by atoms with van der Waals surface area (Å²) in [5, 5.41) is 6.79. The molecule has 0 radical (unpaired) electrons. The zero-order chi connectivity index (χ0) is 19.4. The Labute approximate surface area is 158 Å². The molecular weight excluding hydrogens is 348 g/mol. The average Bonchev–Trinajstić information content (AvgIpc) is 3.08. The van der Waals surface area contributed by atoms with Crippen LogP contribution in [0.25, 0.3) is 0 Å². The molecule has 0 saturated heterocycles. The number of carbonyl (C=O) groups excluding carboxylic acids is 1. The third kappa shape index (κ3) is 4.32. The van der Waals surface area contributed by atoms with Gasteiger partial charge in [0, 0.05) is 20.0 Å². The Hall–Kier alpha value is -2.77. The van der Waals surface area contributed by atoms with E-state index in [1.807, 2.05) is 32.9 Å². The predicted molar refractivity (Wildman–Crippen MR) is 98.9 cm³/mol. The van der Waals surface area contributed by atoms with Gasteiger partial charge in [0.1, 0.15) is 0 Å². The van der Waals surface area contributed by atoms with E-state index in [0.29, 0.717) is 38.0 Å². The molecule has 1 aliphatic heterocycles. The first kappa shape index (κ1) is 19.0. The second-order valence-electron chi connectivity index (χ2n) is 6.45. The number of hydrogen-bond acceptors (Lipinski definition) is 6. The number of hydrogen-bond donors (Lipinski definition) is 1. The number of rotatable bonds is 6. The van der Waals surface area contributed by atoms with Crippen molar-refractivity contribution in [2.45, 2.75) is 46.7 Å². The van der Waals surface area contributed by atoms with E-state index in [0.717, 1.165) is 23.5 Å². The first-order chi connectivity index (χ1) is 13.0. The number of aromatic nitrogens is 2. The standard InChI is InChI=1S/C19H26N4O4/c1-5-25-16-9-14-7-8-23(11-15(14)10-17(16)26-6-2)19(24)20-12(3)18-21-13(4)27-22-18/h9-10,12H,5-8,11H2,1-4H3,(H,20,24). The predicted octanol–water partition coefficient (Wildman–Crippen LogP) is 3.00. The van der Waals surface area contributed by atoms with E-state index in [2.05, 4.69) is 15.5 Å². The fraction of sp³-hybridized carbons (Fsp3) is 0.526. The lowest BCUT2D eigenvalue weighted by Crippen LogP contribution is -2.43. The number of ether oxygens (including phenoxy) is 2. The zero-order valence-electron chi connectivity index (χ0n) is 16.2. The van der Waals surface area contributed by atoms with Crippen LogP contribution in [0.5, 0.6) is 11.5 Å². The van der Waals surface area contributed by atoms with Gasteiger partial charge >= 0.3 is 6.03 Å². The Morgan fingerprint density at radius 1 is 1.26 bits per heavy atom. The normalized spacial score (nSPS) is 14.4. The van der Waals surface area contributed by atoms with E-state index in [9.17, 15) is 4.79 Å². The highest BCUT2D eigenvalue weighted by atomic mass is 16.5. The van der Waals surface area contributed by atoms with Gasteiger partial charge in [-0.05, 0) is 50.5 Å². The van der Waals surface area contributed by atoms with Gasteiger partial charge in [-0.25, -0.2) is 4.79 Å². The first-order valence-corrected chi connectivity index (χ1v) is 9.28. The summed E-state index contributed by atoms with van der Waals surface area (Å²) in [7, 11) is 0. The van der Waals surface area contributed by atoms with Crippen molar-refractivity contribution in [1.29, 1.82) is 0 Å². The summed E-state index contributed by atoms with van der Waals surface area (Å²) in [6.07, 6.45) is 0.769. The molecule has 2 heterocycles. The van der Waals surface area contributed by atoms with Crippen LogP contribution in [0.4, 0.5) is 4.79 Å². The molecule has 146 valence electrons. The Balaban J connectivity index is 1.71. The van der Waals surface area contributed by atoms with Gasteiger partial charge in [-0.3, -0.25) is 0 Å². The summed E-state index contributed by atoms with van der Waals surface area (Å²) in [5.74, 6) is 2.43. The third-order valence-corrected chi connectivity index (χ3v) is 4.44. The molecule has 2 aromatic rings. The van der Waals surface area contributed by atoms with Crippen LogP contribution < -0.4 is 14.8 Å². The summed E-state index contributed by atoms with van der Waals surface area (Å²) in [5.41, 5.74) is 2.26. The van der Waals surface area contributed by atoms with Gasteiger partial charge in [0.05, 0.1) is 19.3 Å². The van der Waals surface area contributed by atoms with Crippen LogP contribution in [-0.2, 0) is 13.0 Å². The highest BCUT2D eigenvalue weighted by Gasteiger charge is 2.25. The molecule has 3 rings (SSSR count). The van der Waals surface area contributed by atoms with Crippen molar-refractivity contribution in [2.24, 2.45) is 0 Å². The van der Waals surface area contributed by atoms with Crippen LogP contribution in [0, 0.1) is 6.92 Å². The molecule has 2 amide bonds. The quantitative estimate of drug-likeness (QED) is 0.836. The summed E-state index contributed by atoms with van der Waals surface area (Å²) < 4.78 is 16.4. The summed E-state index contributed by atoms with van der Waals surface area (Å²) in [6.45, 7) is 9.75. The minimum absolute atomic E-state index is 0.151. The molecule has 8 heteroatoms. The van der Waals surface area contributed by atoms with E-state index >= 15 is 0 Å². The molecule has 0 fully saturated rings. The second-order valence-corrected chi connectivity index (χ2v) is 6.45. The molecule has 0 aliphatic carbocycles. The molecule has 1 N–H and O–H groups in total. The highest BCUT2D eigenvalue weighted by molar-refractivity contribution is 5.75. The van der Waals surface area contributed by atoms with Gasteiger partial charge in [-0.15, -0.1) is 0 Å². The SMILES string of the molecule is CCOc1cc2c(cc1OCC)CN(C(=O)NC(C)c1noc(C)n1)CC2. The van der Waals surface area contributed by atoms with Crippen molar-refractivity contribution in [2.75, 3.05) is 19.8 Å². The van der Waals surface area contributed by atoms with Crippen molar-refractivity contribution in [3.8, 4) is 11.5 Å². The van der Waals surface area contributed by atoms with Crippen LogP contribution in [0.15, 0.2) is 16.7 Å². The van der Waals surface area contributed by atoms with Crippen molar-refractivity contribution in [1.82, 2.24) is 20.4 Å². The number of carbonyl (C=O) groups is 1. The Bertz CT molecular complexity index is 805. The largest absolute Gasteiger partial charge is 0.490 e. The topological polar surface area (TPSA) is 89.7 Å². The van der Waals surface area contributed by atoms with E-state index in [-0.39, 0.29) is 12.1 Å². The Morgan fingerprint density at radius 3 is 2.52 bits per heavy atom. The van der Waals surface area contributed by atoms with Crippen molar-refractivity contribution in [3.63, 3.8) is 0 Å². The fourth-order valence-corrected chi connectivity index (χ4v) is 3.11. The summed E-state index contributed by atoms with van der Waals surface area (Å²) in [6, 6.07) is 3.54. The van der Waals surface area contributed by atoms with Gasteiger partial charge < -0.3 is 24.2 Å². The molecule has 8 nitrogen and oxygen atoms in total. The fourth-order valence-electron chi connectivity index (χ4n) is 3.11. The van der Waals surface area contributed by atoms with Crippen LogP contribution in [0.3, 0.4) is 0 Å². The number of nitrogens with zero attached hydrogens (tertiary/aromatic N) is 3. The number of nitrogens with one attached hydrogen (secondary N) is 1. The van der Waals surface area contributed by atoms with Gasteiger partial charge in [0.15, 0.2) is 17.3 Å². The van der Waals surface area contributed by atoms with Crippen LogP contribution in [0.2, 0.25) is 0 Å². The number of benzene rings is 1. The van der Waals surface area contributed by atoms with Crippen molar-refractivity contribution < 1.29 is 18.8 Å². The molecule has 0 spiro atoms. The van der Waals surface area contributed by atoms with E-state index in [1.54, 1.807) is 11.8 Å². The maximum Gasteiger partial charge on any atom is 0.318 e. The first-order valence-electron chi connectivity index (χ1n) is 9.28. The molecule has 1 aliphatic rings. The number of aryl methyl sites for hydroxylation is 1. The molecule has 0 saturated carbocycles. The van der Waals surface area contributed by atoms with Gasteiger partial charge in [0.2, 0.25) is 5.89 Å². The lowest BCUT2D eigenvalue weighted by molar-refractivity contribution is 0.188. The zero-order valence-corrected chi connectivity index (χ0v) is 16.2. The molecule has 1 aromatic carbocycles. The lowest BCUT2D eigenvalue weighted by atomic mass is 9.99. The molecule has 0 bridgehead atoms. The maximum atomic E-state index is 12.7. The molecule has 1 atom stereocenters. The molecule has 27 heavy (non-hydrogen) atoms. The smallest absolute Gasteiger partial charge is 0.318 e. The lowest BCUT2D eigenvalue weighted by Gasteiger charge is -2.30. The van der Waals surface area contributed by atoms with E-state index < -0.39 is 0 Å². The van der Waals surface area contributed by atoms with E-state index in [4.69, 9.17) is 14.0 Å². The van der Waals surface area contributed by atoms with Crippen LogP contribution >= 0.6 is 0 Å². The highest BCUT2D eigenvalue weighted by Crippen LogP contribution is 2.34. The number of amides is 2. The van der Waals surface area contributed by atoms with Crippen LogP contribution in [-0.4, -0.2) is 40.8 Å². The average molecular weight is 374 g/mol. The minimum atomic E-state index is -0.323. The minimum Gasteiger partial charge on any atom is -0.490 e.